The van der Waals surface area contributed by atoms with E-state index in [-0.39, 0.29) is 31.1 Å². The van der Waals surface area contributed by atoms with E-state index in [2.05, 4.69) is 5.32 Å². The van der Waals surface area contributed by atoms with E-state index in [0.717, 1.165) is 24.1 Å². The van der Waals surface area contributed by atoms with E-state index in [4.69, 9.17) is 9.47 Å². The SMILES string of the molecule is CC(C)CC(=O)Nc1ccc(C2OCC(=O)N(C3CCOCC3)C2CO)cc1. The summed E-state index contributed by atoms with van der Waals surface area (Å²) < 4.78 is 11.2. The fourth-order valence-electron chi connectivity index (χ4n) is 3.96. The van der Waals surface area contributed by atoms with Crippen LogP contribution in [-0.4, -0.2) is 60.3 Å². The molecule has 154 valence electrons. The van der Waals surface area contributed by atoms with Gasteiger partial charge in [-0.1, -0.05) is 26.0 Å². The van der Waals surface area contributed by atoms with Crippen LogP contribution in [0.25, 0.3) is 0 Å². The lowest BCUT2D eigenvalue weighted by Gasteiger charge is -2.45. The largest absolute Gasteiger partial charge is 0.394 e. The molecule has 0 spiro atoms. The normalized spacial score (nSPS) is 23.9. The third-order valence-electron chi connectivity index (χ3n) is 5.27. The molecule has 1 aromatic carbocycles. The summed E-state index contributed by atoms with van der Waals surface area (Å²) in [5.74, 6) is 0.204. The summed E-state index contributed by atoms with van der Waals surface area (Å²) in [6.45, 7) is 5.10. The highest BCUT2D eigenvalue weighted by Crippen LogP contribution is 2.33. The fourth-order valence-corrected chi connectivity index (χ4v) is 3.96. The van der Waals surface area contributed by atoms with Crippen LogP contribution in [-0.2, 0) is 19.1 Å². The summed E-state index contributed by atoms with van der Waals surface area (Å²) >= 11 is 0. The maximum absolute atomic E-state index is 12.5. The molecular formula is C21H30N2O5. The molecule has 2 unspecified atom stereocenters. The number of nitrogens with one attached hydrogen (secondary N) is 1. The van der Waals surface area contributed by atoms with Crippen molar-refractivity contribution >= 4 is 17.5 Å². The van der Waals surface area contributed by atoms with Gasteiger partial charge in [-0.25, -0.2) is 0 Å². The van der Waals surface area contributed by atoms with Gasteiger partial charge in [0.25, 0.3) is 0 Å². The molecule has 2 atom stereocenters. The molecule has 2 heterocycles. The van der Waals surface area contributed by atoms with Gasteiger partial charge in [0.2, 0.25) is 11.8 Å². The van der Waals surface area contributed by atoms with Crippen molar-refractivity contribution in [3.63, 3.8) is 0 Å². The number of aliphatic hydroxyl groups excluding tert-OH is 1. The fraction of sp³-hybridized carbons (Fsp3) is 0.619. The molecule has 2 aliphatic heterocycles. The second kappa shape index (κ2) is 9.49. The zero-order valence-corrected chi connectivity index (χ0v) is 16.6. The highest BCUT2D eigenvalue weighted by Gasteiger charge is 2.41. The maximum atomic E-state index is 12.5. The van der Waals surface area contributed by atoms with E-state index >= 15 is 0 Å². The van der Waals surface area contributed by atoms with Crippen molar-refractivity contribution in [2.75, 3.05) is 31.7 Å². The van der Waals surface area contributed by atoms with Crippen LogP contribution in [0, 0.1) is 5.92 Å². The van der Waals surface area contributed by atoms with Crippen LogP contribution in [0.3, 0.4) is 0 Å². The molecule has 7 heteroatoms. The molecule has 2 N–H and O–H groups in total. The van der Waals surface area contributed by atoms with Crippen molar-refractivity contribution in [2.24, 2.45) is 5.92 Å². The van der Waals surface area contributed by atoms with Crippen molar-refractivity contribution in [1.82, 2.24) is 4.90 Å². The number of anilines is 1. The number of rotatable bonds is 6. The van der Waals surface area contributed by atoms with Gasteiger partial charge >= 0.3 is 0 Å². The van der Waals surface area contributed by atoms with E-state index < -0.39 is 12.1 Å². The Balaban J connectivity index is 1.72. The predicted octanol–water partition coefficient (Wildman–Crippen LogP) is 2.11. The van der Waals surface area contributed by atoms with Crippen LogP contribution in [0.1, 0.15) is 44.8 Å². The number of hydrogen-bond donors (Lipinski definition) is 2. The highest BCUT2D eigenvalue weighted by molar-refractivity contribution is 5.90. The Morgan fingerprint density at radius 1 is 1.25 bits per heavy atom. The van der Waals surface area contributed by atoms with Gasteiger partial charge in [0, 0.05) is 31.4 Å². The lowest BCUT2D eigenvalue weighted by atomic mass is 9.95. The summed E-state index contributed by atoms with van der Waals surface area (Å²) in [6.07, 6.45) is 1.62. The second-order valence-corrected chi connectivity index (χ2v) is 7.89. The van der Waals surface area contributed by atoms with E-state index in [9.17, 15) is 14.7 Å². The van der Waals surface area contributed by atoms with Gasteiger partial charge in [-0.15, -0.1) is 0 Å². The lowest BCUT2D eigenvalue weighted by Crippen LogP contribution is -2.57. The van der Waals surface area contributed by atoms with Gasteiger partial charge in [0.1, 0.15) is 12.7 Å². The Hall–Kier alpha value is -1.96. The number of amides is 2. The monoisotopic (exact) mass is 390 g/mol. The summed E-state index contributed by atoms with van der Waals surface area (Å²) in [7, 11) is 0. The van der Waals surface area contributed by atoms with Gasteiger partial charge < -0.3 is 24.8 Å². The molecular weight excluding hydrogens is 360 g/mol. The Labute approximate surface area is 166 Å². The van der Waals surface area contributed by atoms with Crippen LogP contribution in [0.2, 0.25) is 0 Å². The van der Waals surface area contributed by atoms with E-state index in [1.165, 1.54) is 0 Å². The first-order valence-corrected chi connectivity index (χ1v) is 10.0. The Bertz CT molecular complexity index is 670. The van der Waals surface area contributed by atoms with E-state index in [1.54, 1.807) is 4.90 Å². The van der Waals surface area contributed by atoms with Gasteiger partial charge in [-0.2, -0.15) is 0 Å². The minimum absolute atomic E-state index is 0.00536. The van der Waals surface area contributed by atoms with Crippen molar-refractivity contribution in [3.8, 4) is 0 Å². The van der Waals surface area contributed by atoms with Crippen molar-refractivity contribution in [2.45, 2.75) is 51.3 Å². The zero-order chi connectivity index (χ0) is 20.1. The highest BCUT2D eigenvalue weighted by atomic mass is 16.5. The quantitative estimate of drug-likeness (QED) is 0.777. The summed E-state index contributed by atoms with van der Waals surface area (Å²) in [6, 6.07) is 7.08. The maximum Gasteiger partial charge on any atom is 0.249 e. The van der Waals surface area contributed by atoms with Crippen LogP contribution < -0.4 is 5.32 Å². The Morgan fingerprint density at radius 2 is 1.93 bits per heavy atom. The predicted molar refractivity (Wildman–Crippen MR) is 105 cm³/mol. The number of carbonyl (C=O) groups is 2. The van der Waals surface area contributed by atoms with Crippen LogP contribution in [0.15, 0.2) is 24.3 Å². The molecule has 2 amide bonds. The van der Waals surface area contributed by atoms with Crippen LogP contribution in [0.5, 0.6) is 0 Å². The number of benzene rings is 1. The summed E-state index contributed by atoms with van der Waals surface area (Å²) in [4.78, 5) is 26.2. The van der Waals surface area contributed by atoms with Gasteiger partial charge in [-0.05, 0) is 36.5 Å². The molecule has 0 aromatic heterocycles. The molecule has 0 bridgehead atoms. The smallest absolute Gasteiger partial charge is 0.249 e. The number of nitrogens with zero attached hydrogens (tertiary/aromatic N) is 1. The van der Waals surface area contributed by atoms with Crippen molar-refractivity contribution < 1.29 is 24.2 Å². The second-order valence-electron chi connectivity index (χ2n) is 7.89. The molecule has 28 heavy (non-hydrogen) atoms. The minimum atomic E-state index is -0.425. The number of hydrogen-bond acceptors (Lipinski definition) is 5. The average Bonchev–Trinajstić information content (AvgIpc) is 2.68. The zero-order valence-electron chi connectivity index (χ0n) is 16.6. The first-order chi connectivity index (χ1) is 13.5. The van der Waals surface area contributed by atoms with E-state index in [0.29, 0.717) is 25.6 Å². The van der Waals surface area contributed by atoms with E-state index in [1.807, 2.05) is 38.1 Å². The third-order valence-corrected chi connectivity index (χ3v) is 5.27. The number of ether oxygens (including phenoxy) is 2. The first-order valence-electron chi connectivity index (χ1n) is 10.0. The van der Waals surface area contributed by atoms with Crippen LogP contribution in [0.4, 0.5) is 5.69 Å². The third kappa shape index (κ3) is 4.90. The standard InChI is InChI=1S/C21H30N2O5/c1-14(2)11-19(25)22-16-5-3-15(4-6-16)21-18(12-24)23(20(26)13-28-21)17-7-9-27-10-8-17/h3-6,14,17-18,21,24H,7-13H2,1-2H3,(H,22,25). The lowest BCUT2D eigenvalue weighted by molar-refractivity contribution is -0.168. The molecule has 2 aliphatic rings. The van der Waals surface area contributed by atoms with Crippen molar-refractivity contribution in [3.05, 3.63) is 29.8 Å². The molecule has 0 saturated carbocycles. The number of carbonyl (C=O) groups excluding carboxylic acids is 2. The van der Waals surface area contributed by atoms with Gasteiger partial charge in [0.05, 0.1) is 12.6 Å². The average molecular weight is 390 g/mol. The minimum Gasteiger partial charge on any atom is -0.394 e. The number of aliphatic hydroxyl groups is 1. The van der Waals surface area contributed by atoms with Gasteiger partial charge in [0.15, 0.2) is 0 Å². The molecule has 3 rings (SSSR count). The molecule has 0 radical (unpaired) electrons. The van der Waals surface area contributed by atoms with Crippen molar-refractivity contribution in [1.29, 1.82) is 0 Å². The Morgan fingerprint density at radius 3 is 2.54 bits per heavy atom. The molecule has 0 aliphatic carbocycles. The van der Waals surface area contributed by atoms with Crippen LogP contribution >= 0.6 is 0 Å². The van der Waals surface area contributed by atoms with Gasteiger partial charge in [-0.3, -0.25) is 9.59 Å². The Kier molecular flexibility index (Phi) is 7.04. The summed E-state index contributed by atoms with van der Waals surface area (Å²) in [5.41, 5.74) is 1.61. The first kappa shape index (κ1) is 20.8. The number of morpholine rings is 1. The molecule has 7 nitrogen and oxygen atoms in total. The molecule has 2 fully saturated rings. The summed E-state index contributed by atoms with van der Waals surface area (Å²) in [5, 5.41) is 12.9. The molecule has 1 aromatic rings. The molecule has 2 saturated heterocycles. The topological polar surface area (TPSA) is 88.1 Å².